The highest BCUT2D eigenvalue weighted by Gasteiger charge is 2.37. The van der Waals surface area contributed by atoms with Gasteiger partial charge in [0, 0.05) is 31.1 Å². The van der Waals surface area contributed by atoms with Crippen LogP contribution in [0.2, 0.25) is 0 Å². The van der Waals surface area contributed by atoms with Crippen LogP contribution in [0, 0.1) is 5.82 Å². The van der Waals surface area contributed by atoms with E-state index in [0.29, 0.717) is 18.7 Å². The third-order valence-electron chi connectivity index (χ3n) is 6.74. The number of amides is 2. The van der Waals surface area contributed by atoms with Gasteiger partial charge in [0.05, 0.1) is 30.3 Å². The molecule has 1 unspecified atom stereocenters. The van der Waals surface area contributed by atoms with Crippen molar-refractivity contribution in [3.8, 4) is 0 Å². The number of rotatable bonds is 6. The van der Waals surface area contributed by atoms with Crippen molar-refractivity contribution in [3.63, 3.8) is 0 Å². The highest BCUT2D eigenvalue weighted by atomic mass is 32.2. The van der Waals surface area contributed by atoms with Gasteiger partial charge in [-0.05, 0) is 32.4 Å². The van der Waals surface area contributed by atoms with Crippen molar-refractivity contribution in [1.82, 2.24) is 28.4 Å². The fraction of sp³-hybridized carbons (Fsp3) is 0.435. The van der Waals surface area contributed by atoms with Crippen LogP contribution in [0.5, 0.6) is 0 Å². The Bertz CT molecular complexity index is 1580. The Balaban J connectivity index is 1.57. The van der Waals surface area contributed by atoms with Crippen molar-refractivity contribution in [2.45, 2.75) is 45.3 Å². The van der Waals surface area contributed by atoms with Gasteiger partial charge in [0.2, 0.25) is 15.9 Å². The van der Waals surface area contributed by atoms with E-state index >= 15 is 0 Å². The van der Waals surface area contributed by atoms with Gasteiger partial charge in [-0.2, -0.15) is 9.61 Å². The predicted octanol–water partition coefficient (Wildman–Crippen LogP) is 0.782. The lowest BCUT2D eigenvalue weighted by molar-refractivity contribution is -0.116. The molecule has 2 aliphatic rings. The summed E-state index contributed by atoms with van der Waals surface area (Å²) >= 11 is 0. The number of nitrogens with one attached hydrogen (secondary N) is 1. The number of fused-ring (bicyclic) bond motifs is 2. The quantitative estimate of drug-likeness (QED) is 0.496. The minimum atomic E-state index is -3.37. The number of nitrogens with zero attached hydrogens (tertiary/aromatic N) is 6. The zero-order chi connectivity index (χ0) is 26.6. The number of aromatic nitrogens is 4. The van der Waals surface area contributed by atoms with Crippen molar-refractivity contribution in [3.05, 3.63) is 57.5 Å². The molecule has 14 heteroatoms. The molecule has 196 valence electrons. The first kappa shape index (κ1) is 25.0. The predicted molar refractivity (Wildman–Crippen MR) is 131 cm³/mol. The van der Waals surface area contributed by atoms with E-state index in [4.69, 9.17) is 0 Å². The van der Waals surface area contributed by atoms with Gasteiger partial charge in [-0.3, -0.25) is 14.4 Å². The number of halogens is 1. The second-order valence-corrected chi connectivity index (χ2v) is 11.6. The maximum absolute atomic E-state index is 13.4. The van der Waals surface area contributed by atoms with Crippen molar-refractivity contribution >= 4 is 33.3 Å². The normalized spacial score (nSPS) is 18.2. The summed E-state index contributed by atoms with van der Waals surface area (Å²) in [5.74, 6) is -1.56. The van der Waals surface area contributed by atoms with Gasteiger partial charge in [0.15, 0.2) is 0 Å². The lowest BCUT2D eigenvalue weighted by Crippen LogP contribution is -2.32. The molecule has 0 saturated carbocycles. The number of hydrogen-bond donors (Lipinski definition) is 1. The summed E-state index contributed by atoms with van der Waals surface area (Å²) in [6, 6.07) is 3.93. The molecule has 2 aliphatic heterocycles. The molecule has 3 aromatic heterocycles. The molecule has 5 heterocycles. The fourth-order valence-electron chi connectivity index (χ4n) is 4.83. The first-order chi connectivity index (χ1) is 17.4. The van der Waals surface area contributed by atoms with E-state index in [1.54, 1.807) is 11.0 Å². The van der Waals surface area contributed by atoms with E-state index in [2.05, 4.69) is 15.4 Å². The van der Waals surface area contributed by atoms with Crippen molar-refractivity contribution in [2.75, 3.05) is 24.7 Å². The third kappa shape index (κ3) is 4.50. The molecule has 37 heavy (non-hydrogen) atoms. The zero-order valence-corrected chi connectivity index (χ0v) is 21.3. The Morgan fingerprint density at radius 1 is 1.27 bits per heavy atom. The Labute approximate surface area is 211 Å². The smallest absolute Gasteiger partial charge is 0.280 e. The molecule has 5 rings (SSSR count). The van der Waals surface area contributed by atoms with Crippen LogP contribution in [0.25, 0.3) is 5.65 Å². The number of sulfonamides is 1. The standard InChI is InChI=1S/C23H26FN7O5S/c1-13(2)29-11-16-21(23(29)34)30(12-19(32)26-18-5-4-15(24)9-25-18)20-8-17(27-31(20)22(16)33)14-6-7-28(10-14)37(3,35)36/h4-5,8-9,13-14H,6-7,10-12H2,1-3H3,(H,25,26,32). The van der Waals surface area contributed by atoms with E-state index in [1.165, 1.54) is 19.5 Å². The molecule has 1 N–H and O–H groups in total. The number of anilines is 1. The van der Waals surface area contributed by atoms with E-state index in [-0.39, 0.29) is 60.2 Å². The maximum Gasteiger partial charge on any atom is 0.280 e. The first-order valence-corrected chi connectivity index (χ1v) is 13.6. The second kappa shape index (κ2) is 9.03. The summed E-state index contributed by atoms with van der Waals surface area (Å²) in [7, 11) is -3.37. The lowest BCUT2D eigenvalue weighted by Gasteiger charge is -2.20. The van der Waals surface area contributed by atoms with Gasteiger partial charge in [0.1, 0.15) is 29.5 Å². The summed E-state index contributed by atoms with van der Waals surface area (Å²) < 4.78 is 41.1. The van der Waals surface area contributed by atoms with Gasteiger partial charge in [-0.1, -0.05) is 0 Å². The Kier molecular flexibility index (Phi) is 6.10. The SMILES string of the molecule is CC(C)N1Cc2c(n(CC(=O)Nc3ccc(F)cn3)c3cc(C4CCN(S(C)(=O)=O)C4)nn3c2=O)C1=O. The highest BCUT2D eigenvalue weighted by molar-refractivity contribution is 7.88. The van der Waals surface area contributed by atoms with Gasteiger partial charge in [-0.15, -0.1) is 0 Å². The molecule has 2 amide bonds. The number of carbonyl (C=O) groups excluding carboxylic acids is 2. The molecule has 12 nitrogen and oxygen atoms in total. The number of hydrogen-bond acceptors (Lipinski definition) is 7. The van der Waals surface area contributed by atoms with E-state index in [1.807, 2.05) is 13.8 Å². The number of carbonyl (C=O) groups is 2. The molecule has 0 spiro atoms. The second-order valence-electron chi connectivity index (χ2n) is 9.60. The lowest BCUT2D eigenvalue weighted by atomic mass is 10.1. The average molecular weight is 532 g/mol. The minimum Gasteiger partial charge on any atom is -0.330 e. The Morgan fingerprint density at radius 3 is 2.65 bits per heavy atom. The minimum absolute atomic E-state index is 0.0855. The molecule has 1 atom stereocenters. The summed E-state index contributed by atoms with van der Waals surface area (Å²) in [5, 5.41) is 7.07. The van der Waals surface area contributed by atoms with Gasteiger partial charge < -0.3 is 14.8 Å². The Hall–Kier alpha value is -3.65. The molecule has 0 bridgehead atoms. The topological polar surface area (TPSA) is 139 Å². The van der Waals surface area contributed by atoms with Crippen molar-refractivity contribution in [1.29, 1.82) is 0 Å². The van der Waals surface area contributed by atoms with Gasteiger partial charge in [0.25, 0.3) is 11.5 Å². The molecular weight excluding hydrogens is 505 g/mol. The summed E-state index contributed by atoms with van der Waals surface area (Å²) in [4.78, 5) is 45.1. The highest BCUT2D eigenvalue weighted by Crippen LogP contribution is 2.30. The van der Waals surface area contributed by atoms with Crippen LogP contribution in [-0.4, -0.2) is 74.0 Å². The largest absolute Gasteiger partial charge is 0.330 e. The van der Waals surface area contributed by atoms with Crippen LogP contribution in [0.1, 0.15) is 47.9 Å². The van der Waals surface area contributed by atoms with Crippen LogP contribution in [0.4, 0.5) is 10.2 Å². The van der Waals surface area contributed by atoms with Crippen molar-refractivity contribution in [2.24, 2.45) is 0 Å². The van der Waals surface area contributed by atoms with Crippen LogP contribution in [0.3, 0.4) is 0 Å². The summed E-state index contributed by atoms with van der Waals surface area (Å²) in [6.45, 7) is 4.00. The van der Waals surface area contributed by atoms with Gasteiger partial charge in [-0.25, -0.2) is 22.1 Å². The number of pyridine rings is 1. The third-order valence-corrected chi connectivity index (χ3v) is 8.01. The average Bonchev–Trinajstić information content (AvgIpc) is 3.55. The maximum atomic E-state index is 13.4. The van der Waals surface area contributed by atoms with E-state index in [9.17, 15) is 27.2 Å². The zero-order valence-electron chi connectivity index (χ0n) is 20.5. The van der Waals surface area contributed by atoms with Crippen molar-refractivity contribution < 1.29 is 22.4 Å². The molecular formula is C23H26FN7O5S. The van der Waals surface area contributed by atoms with Crippen LogP contribution >= 0.6 is 0 Å². The van der Waals surface area contributed by atoms with Crippen LogP contribution in [-0.2, 0) is 27.9 Å². The summed E-state index contributed by atoms with van der Waals surface area (Å²) in [5.41, 5.74) is 0.650. The molecule has 0 aliphatic carbocycles. The van der Waals surface area contributed by atoms with Crippen LogP contribution < -0.4 is 10.9 Å². The Morgan fingerprint density at radius 2 is 2.03 bits per heavy atom. The summed E-state index contributed by atoms with van der Waals surface area (Å²) in [6.07, 6.45) is 2.65. The van der Waals surface area contributed by atoms with Gasteiger partial charge >= 0.3 is 0 Å². The molecule has 0 aromatic carbocycles. The van der Waals surface area contributed by atoms with Crippen LogP contribution in [0.15, 0.2) is 29.2 Å². The van der Waals surface area contributed by atoms with E-state index < -0.39 is 27.3 Å². The molecule has 1 saturated heterocycles. The van der Waals surface area contributed by atoms with E-state index in [0.717, 1.165) is 18.5 Å². The first-order valence-electron chi connectivity index (χ1n) is 11.8. The molecule has 1 fully saturated rings. The molecule has 3 aromatic rings. The fourth-order valence-corrected chi connectivity index (χ4v) is 5.71. The monoisotopic (exact) mass is 531 g/mol. The molecule has 0 radical (unpaired) electrons.